The van der Waals surface area contributed by atoms with Crippen LogP contribution in [0.25, 0.3) is 4.83 Å². The van der Waals surface area contributed by atoms with Crippen molar-refractivity contribution in [1.82, 2.24) is 14.3 Å². The summed E-state index contributed by atoms with van der Waals surface area (Å²) in [6.07, 6.45) is 5.20. The highest BCUT2D eigenvalue weighted by Gasteiger charge is 2.41. The molecule has 26 heavy (non-hydrogen) atoms. The number of nitrogens with zero attached hydrogens (tertiary/aromatic N) is 3. The third-order valence-corrected chi connectivity index (χ3v) is 6.73. The van der Waals surface area contributed by atoms with Gasteiger partial charge >= 0.3 is 6.09 Å². The number of hydrogen-bond donors (Lipinski definition) is 0. The standard InChI is InChI=1S/C15H17N3O5S2.CH4/c1-10-12(24-14-8-16-9-17(10)14)7-11-3-4-13-18(11)15(19)22-5-2-6-25(20,21)23-13;/h2,6,8-9,11,13H,3-5,7H2,1H3;1H4/t11-,13?;/m0./s1. The van der Waals surface area contributed by atoms with E-state index >= 15 is 0 Å². The van der Waals surface area contributed by atoms with E-state index in [0.29, 0.717) is 19.3 Å². The molecule has 0 saturated carbocycles. The Morgan fingerprint density at radius 2 is 2.19 bits per heavy atom. The Hall–Kier alpha value is -1.91. The molecule has 2 atom stereocenters. The summed E-state index contributed by atoms with van der Waals surface area (Å²) >= 11 is 1.62. The summed E-state index contributed by atoms with van der Waals surface area (Å²) in [6, 6.07) is -0.166. The Morgan fingerprint density at radius 3 is 2.96 bits per heavy atom. The fourth-order valence-corrected chi connectivity index (χ4v) is 5.34. The van der Waals surface area contributed by atoms with Crippen molar-refractivity contribution >= 4 is 32.4 Å². The average Bonchev–Trinajstić information content (AvgIpc) is 3.22. The number of carbonyl (C=O) groups is 1. The quantitative estimate of drug-likeness (QED) is 0.721. The van der Waals surface area contributed by atoms with E-state index in [2.05, 4.69) is 4.98 Å². The van der Waals surface area contributed by atoms with Crippen molar-refractivity contribution in [2.45, 2.75) is 45.9 Å². The van der Waals surface area contributed by atoms with Gasteiger partial charge in [-0.2, -0.15) is 8.42 Å². The predicted molar refractivity (Wildman–Crippen MR) is 97.4 cm³/mol. The van der Waals surface area contributed by atoms with Gasteiger partial charge in [-0.3, -0.25) is 9.30 Å². The number of thiazole rings is 1. The normalized spacial score (nSPS) is 25.1. The number of ether oxygens (including phenoxy) is 1. The second-order valence-corrected chi connectivity index (χ2v) is 8.61. The molecule has 4 rings (SSSR count). The van der Waals surface area contributed by atoms with Crippen molar-refractivity contribution in [3.05, 3.63) is 34.6 Å². The van der Waals surface area contributed by atoms with E-state index in [9.17, 15) is 13.2 Å². The smallest absolute Gasteiger partial charge is 0.412 e. The number of carbonyl (C=O) groups excluding carboxylic acids is 1. The van der Waals surface area contributed by atoms with Gasteiger partial charge < -0.3 is 4.74 Å². The van der Waals surface area contributed by atoms with Gasteiger partial charge in [-0.05, 0) is 25.8 Å². The molecule has 10 heteroatoms. The van der Waals surface area contributed by atoms with Crippen LogP contribution in [-0.4, -0.2) is 47.7 Å². The highest BCUT2D eigenvalue weighted by atomic mass is 32.2. The first-order valence-electron chi connectivity index (χ1n) is 7.90. The van der Waals surface area contributed by atoms with E-state index in [4.69, 9.17) is 8.92 Å². The minimum atomic E-state index is -3.82. The number of aryl methyl sites for hydroxylation is 1. The van der Waals surface area contributed by atoms with Crippen LogP contribution in [0.15, 0.2) is 24.0 Å². The molecule has 0 spiro atoms. The lowest BCUT2D eigenvalue weighted by atomic mass is 10.1. The van der Waals surface area contributed by atoms with Crippen LogP contribution >= 0.6 is 11.3 Å². The Labute approximate surface area is 156 Å². The van der Waals surface area contributed by atoms with Gasteiger partial charge in [0.15, 0.2) is 6.23 Å². The van der Waals surface area contributed by atoms with Crippen LogP contribution < -0.4 is 0 Å². The minimum Gasteiger partial charge on any atom is -0.445 e. The lowest BCUT2D eigenvalue weighted by Gasteiger charge is -2.27. The van der Waals surface area contributed by atoms with E-state index in [-0.39, 0.29) is 20.1 Å². The first-order valence-corrected chi connectivity index (χ1v) is 10.2. The average molecular weight is 399 g/mol. The zero-order chi connectivity index (χ0) is 17.6. The van der Waals surface area contributed by atoms with E-state index in [1.807, 2.05) is 11.3 Å². The fraction of sp³-hybridized carbons (Fsp3) is 0.500. The third-order valence-electron chi connectivity index (χ3n) is 4.49. The molecule has 2 aliphatic heterocycles. The van der Waals surface area contributed by atoms with Gasteiger partial charge in [-0.15, -0.1) is 11.3 Å². The molecule has 1 fully saturated rings. The first-order chi connectivity index (χ1) is 11.9. The lowest BCUT2D eigenvalue weighted by Crippen LogP contribution is -2.44. The minimum absolute atomic E-state index is 0. The predicted octanol–water partition coefficient (Wildman–Crippen LogP) is 2.68. The van der Waals surface area contributed by atoms with Crippen LogP contribution in [0.4, 0.5) is 4.79 Å². The Kier molecular flexibility index (Phi) is 5.09. The molecule has 1 saturated heterocycles. The summed E-state index contributed by atoms with van der Waals surface area (Å²) in [5.41, 5.74) is 1.08. The molecule has 2 aromatic rings. The molecule has 2 aliphatic rings. The van der Waals surface area contributed by atoms with Gasteiger partial charge in [0.05, 0.1) is 11.6 Å². The number of aromatic nitrogens is 2. The largest absolute Gasteiger partial charge is 0.445 e. The molecule has 4 heterocycles. The van der Waals surface area contributed by atoms with E-state index in [0.717, 1.165) is 20.8 Å². The van der Waals surface area contributed by atoms with Crippen LogP contribution in [0.2, 0.25) is 0 Å². The molecule has 1 amide bonds. The molecule has 1 unspecified atom stereocenters. The van der Waals surface area contributed by atoms with Gasteiger partial charge in [-0.25, -0.2) is 14.0 Å². The molecule has 0 bridgehead atoms. The maximum Gasteiger partial charge on any atom is 0.412 e. The molecular formula is C16H21N3O5S2. The second-order valence-electron chi connectivity index (χ2n) is 6.05. The molecule has 0 N–H and O–H groups in total. The van der Waals surface area contributed by atoms with Gasteiger partial charge in [-0.1, -0.05) is 7.43 Å². The van der Waals surface area contributed by atoms with E-state index in [1.165, 1.54) is 11.0 Å². The Bertz CT molecular complexity index is 946. The van der Waals surface area contributed by atoms with E-state index < -0.39 is 22.4 Å². The summed E-state index contributed by atoms with van der Waals surface area (Å²) in [7, 11) is -3.82. The summed E-state index contributed by atoms with van der Waals surface area (Å²) < 4.78 is 36.2. The zero-order valence-electron chi connectivity index (χ0n) is 13.5. The highest BCUT2D eigenvalue weighted by molar-refractivity contribution is 7.89. The topological polar surface area (TPSA) is 90.2 Å². The van der Waals surface area contributed by atoms with Crippen LogP contribution in [0.1, 0.15) is 30.8 Å². The Balaban J connectivity index is 0.00000196. The van der Waals surface area contributed by atoms with Gasteiger partial charge in [0.1, 0.15) is 17.8 Å². The van der Waals surface area contributed by atoms with Crippen molar-refractivity contribution < 1.29 is 22.1 Å². The molecule has 0 aliphatic carbocycles. The number of cyclic esters (lactones) is 1. The summed E-state index contributed by atoms with van der Waals surface area (Å²) in [6.45, 7) is 1.92. The number of imidazole rings is 1. The fourth-order valence-electron chi connectivity index (χ4n) is 3.30. The maximum absolute atomic E-state index is 12.4. The van der Waals surface area contributed by atoms with Crippen molar-refractivity contribution in [3.63, 3.8) is 0 Å². The Morgan fingerprint density at radius 1 is 1.38 bits per heavy atom. The van der Waals surface area contributed by atoms with Crippen molar-refractivity contribution in [2.75, 3.05) is 6.61 Å². The van der Waals surface area contributed by atoms with Crippen molar-refractivity contribution in [2.24, 2.45) is 0 Å². The van der Waals surface area contributed by atoms with E-state index in [1.54, 1.807) is 23.9 Å². The summed E-state index contributed by atoms with van der Waals surface area (Å²) in [4.78, 5) is 20.1. The number of rotatable bonds is 2. The van der Waals surface area contributed by atoms with Crippen LogP contribution in [0.3, 0.4) is 0 Å². The monoisotopic (exact) mass is 399 g/mol. The van der Waals surface area contributed by atoms with Crippen LogP contribution in [0.5, 0.6) is 0 Å². The van der Waals surface area contributed by atoms with Gasteiger partial charge in [0.25, 0.3) is 10.1 Å². The van der Waals surface area contributed by atoms with Crippen molar-refractivity contribution in [1.29, 1.82) is 0 Å². The SMILES string of the molecule is C.Cc1c(C[C@@H]2CCC3OS(=O)(=O)C=CCOC(=O)N32)sc2cncn12. The molecule has 2 aromatic heterocycles. The van der Waals surface area contributed by atoms with Gasteiger partial charge in [0.2, 0.25) is 0 Å². The molecule has 0 aromatic carbocycles. The number of hydrogen-bond acceptors (Lipinski definition) is 7. The van der Waals surface area contributed by atoms with Crippen molar-refractivity contribution in [3.8, 4) is 0 Å². The first kappa shape index (κ1) is 18.9. The van der Waals surface area contributed by atoms with Crippen LogP contribution in [-0.2, 0) is 25.5 Å². The summed E-state index contributed by atoms with van der Waals surface area (Å²) in [5, 5.41) is 0.941. The number of amides is 1. The zero-order valence-corrected chi connectivity index (χ0v) is 15.1. The van der Waals surface area contributed by atoms with Crippen LogP contribution in [0, 0.1) is 6.92 Å². The highest BCUT2D eigenvalue weighted by Crippen LogP contribution is 2.33. The summed E-state index contributed by atoms with van der Waals surface area (Å²) in [5.74, 6) is 0. The molecule has 0 radical (unpaired) electrons. The molecule has 142 valence electrons. The number of fused-ring (bicyclic) bond motifs is 2. The maximum atomic E-state index is 12.4. The molecule has 8 nitrogen and oxygen atoms in total. The second kappa shape index (κ2) is 7.01. The lowest BCUT2D eigenvalue weighted by molar-refractivity contribution is 0.0330. The third kappa shape index (κ3) is 3.36. The van der Waals surface area contributed by atoms with Gasteiger partial charge in [0, 0.05) is 23.0 Å². The molecular weight excluding hydrogens is 378 g/mol.